The summed E-state index contributed by atoms with van der Waals surface area (Å²) in [5.41, 5.74) is -1.60. The Morgan fingerprint density at radius 1 is 1.57 bits per heavy atom. The smallest absolute Gasteiger partial charge is 0.339 e. The van der Waals surface area contributed by atoms with Crippen LogP contribution >= 0.6 is 15.9 Å². The van der Waals surface area contributed by atoms with Crippen LogP contribution in [0.2, 0.25) is 0 Å². The first-order valence-corrected chi connectivity index (χ1v) is 4.13. The predicted octanol–water partition coefficient (Wildman–Crippen LogP) is 2.19. The molecule has 0 unspecified atom stereocenters. The third kappa shape index (κ3) is 1.82. The second-order valence-corrected chi connectivity index (χ2v) is 3.12. The fraction of sp³-hybridized carbons (Fsp3) is 0.143. The van der Waals surface area contributed by atoms with Gasteiger partial charge in [-0.05, 0) is 15.9 Å². The van der Waals surface area contributed by atoms with Crippen LogP contribution in [0.5, 0.6) is 5.75 Å². The Labute approximate surface area is 85.3 Å². The van der Waals surface area contributed by atoms with Crippen molar-refractivity contribution in [3.05, 3.63) is 21.9 Å². The fourth-order valence-corrected chi connectivity index (χ4v) is 1.34. The van der Waals surface area contributed by atoms with Crippen LogP contribution < -0.4 is 0 Å². The SMILES string of the molecule is O=C(O)c1c(C(F)F)ncc(O)c1Br. The molecule has 0 aliphatic carbocycles. The van der Waals surface area contributed by atoms with Crippen molar-refractivity contribution in [1.82, 2.24) is 4.98 Å². The van der Waals surface area contributed by atoms with E-state index < -0.39 is 29.4 Å². The highest BCUT2D eigenvalue weighted by molar-refractivity contribution is 9.10. The molecule has 7 heteroatoms. The summed E-state index contributed by atoms with van der Waals surface area (Å²) in [4.78, 5) is 13.7. The van der Waals surface area contributed by atoms with Crippen molar-refractivity contribution in [3.8, 4) is 5.75 Å². The van der Waals surface area contributed by atoms with Gasteiger partial charge in [0, 0.05) is 0 Å². The minimum absolute atomic E-state index is 0.296. The number of rotatable bonds is 2. The molecule has 0 fully saturated rings. The fourth-order valence-electron chi connectivity index (χ4n) is 0.861. The first-order valence-electron chi connectivity index (χ1n) is 3.34. The number of carboxylic acids is 1. The molecule has 0 saturated carbocycles. The van der Waals surface area contributed by atoms with Gasteiger partial charge in [0.2, 0.25) is 0 Å². The van der Waals surface area contributed by atoms with Gasteiger partial charge in [0.1, 0.15) is 17.0 Å². The van der Waals surface area contributed by atoms with Crippen LogP contribution in [0.3, 0.4) is 0 Å². The Balaban J connectivity index is 3.45. The van der Waals surface area contributed by atoms with Gasteiger partial charge in [-0.3, -0.25) is 4.98 Å². The molecule has 0 bridgehead atoms. The summed E-state index contributed by atoms with van der Waals surface area (Å²) in [6, 6.07) is 0. The number of alkyl halides is 2. The number of aromatic nitrogens is 1. The number of aromatic hydroxyl groups is 1. The monoisotopic (exact) mass is 267 g/mol. The van der Waals surface area contributed by atoms with E-state index in [1.807, 2.05) is 0 Å². The Morgan fingerprint density at radius 3 is 2.57 bits per heavy atom. The lowest BCUT2D eigenvalue weighted by Gasteiger charge is -2.06. The number of carboxylic acid groups (broad SMARTS) is 1. The highest BCUT2D eigenvalue weighted by Gasteiger charge is 2.24. The zero-order chi connectivity index (χ0) is 10.9. The largest absolute Gasteiger partial charge is 0.505 e. The molecule has 0 spiro atoms. The van der Waals surface area contributed by atoms with Gasteiger partial charge in [-0.15, -0.1) is 0 Å². The third-order valence-corrected chi connectivity index (χ3v) is 2.25. The van der Waals surface area contributed by atoms with E-state index in [1.54, 1.807) is 0 Å². The van der Waals surface area contributed by atoms with E-state index in [0.717, 1.165) is 6.20 Å². The Hall–Kier alpha value is -1.24. The summed E-state index contributed by atoms with van der Waals surface area (Å²) < 4.78 is 24.2. The molecule has 76 valence electrons. The molecule has 14 heavy (non-hydrogen) atoms. The number of hydrogen-bond donors (Lipinski definition) is 2. The molecule has 2 N–H and O–H groups in total. The molecule has 4 nitrogen and oxygen atoms in total. The molecule has 0 atom stereocenters. The summed E-state index contributed by atoms with van der Waals surface area (Å²) in [7, 11) is 0. The number of aromatic carboxylic acids is 1. The topological polar surface area (TPSA) is 70.4 Å². The molecule has 0 amide bonds. The van der Waals surface area contributed by atoms with E-state index >= 15 is 0 Å². The Bertz CT molecular complexity index is 383. The quantitative estimate of drug-likeness (QED) is 0.862. The predicted molar refractivity (Wildman–Crippen MR) is 45.5 cm³/mol. The van der Waals surface area contributed by atoms with Gasteiger partial charge in [0.05, 0.1) is 10.7 Å². The van der Waals surface area contributed by atoms with E-state index in [-0.39, 0.29) is 4.47 Å². The van der Waals surface area contributed by atoms with Crippen LogP contribution in [0.4, 0.5) is 8.78 Å². The van der Waals surface area contributed by atoms with Crippen molar-refractivity contribution in [2.75, 3.05) is 0 Å². The van der Waals surface area contributed by atoms with Crippen LogP contribution in [0.15, 0.2) is 10.7 Å². The molecule has 0 aliphatic heterocycles. The molecule has 1 rings (SSSR count). The maximum absolute atomic E-state index is 12.3. The Morgan fingerprint density at radius 2 is 2.14 bits per heavy atom. The van der Waals surface area contributed by atoms with Gasteiger partial charge in [0.15, 0.2) is 0 Å². The van der Waals surface area contributed by atoms with Crippen molar-refractivity contribution in [2.45, 2.75) is 6.43 Å². The molecule has 1 aromatic heterocycles. The zero-order valence-corrected chi connectivity index (χ0v) is 8.12. The number of nitrogens with zero attached hydrogens (tertiary/aromatic N) is 1. The van der Waals surface area contributed by atoms with Crippen molar-refractivity contribution < 1.29 is 23.8 Å². The van der Waals surface area contributed by atoms with Crippen molar-refractivity contribution in [3.63, 3.8) is 0 Å². The second kappa shape index (κ2) is 3.87. The molecule has 0 radical (unpaired) electrons. The van der Waals surface area contributed by atoms with Gasteiger partial charge >= 0.3 is 5.97 Å². The van der Waals surface area contributed by atoms with Gasteiger partial charge in [-0.25, -0.2) is 13.6 Å². The summed E-state index contributed by atoms with van der Waals surface area (Å²) >= 11 is 2.70. The lowest BCUT2D eigenvalue weighted by Crippen LogP contribution is -2.06. The van der Waals surface area contributed by atoms with Gasteiger partial charge in [0.25, 0.3) is 6.43 Å². The average molecular weight is 268 g/mol. The van der Waals surface area contributed by atoms with E-state index in [0.29, 0.717) is 0 Å². The minimum atomic E-state index is -3.00. The molecule has 0 saturated heterocycles. The van der Waals surface area contributed by atoms with Crippen LogP contribution in [0, 0.1) is 0 Å². The normalized spacial score (nSPS) is 10.6. The highest BCUT2D eigenvalue weighted by Crippen LogP contribution is 2.32. The van der Waals surface area contributed by atoms with Crippen LogP contribution in [-0.4, -0.2) is 21.2 Å². The summed E-state index contributed by atoms with van der Waals surface area (Å²) in [6.07, 6.45) is -2.24. The van der Waals surface area contributed by atoms with Crippen LogP contribution in [0.1, 0.15) is 22.5 Å². The molecule has 1 aromatic rings. The second-order valence-electron chi connectivity index (χ2n) is 2.32. The first kappa shape index (κ1) is 10.8. The van der Waals surface area contributed by atoms with Crippen LogP contribution in [0.25, 0.3) is 0 Å². The lowest BCUT2D eigenvalue weighted by atomic mass is 10.2. The number of hydrogen-bond acceptors (Lipinski definition) is 3. The molecule has 0 aliphatic rings. The highest BCUT2D eigenvalue weighted by atomic mass is 79.9. The minimum Gasteiger partial charge on any atom is -0.505 e. The first-order chi connectivity index (χ1) is 6.45. The van der Waals surface area contributed by atoms with E-state index in [9.17, 15) is 13.6 Å². The number of pyridine rings is 1. The van der Waals surface area contributed by atoms with Crippen molar-refractivity contribution >= 4 is 21.9 Å². The molecular formula is C7H4BrF2NO3. The maximum Gasteiger partial charge on any atom is 0.339 e. The maximum atomic E-state index is 12.3. The molecule has 0 aromatic carbocycles. The van der Waals surface area contributed by atoms with Gasteiger partial charge in [-0.2, -0.15) is 0 Å². The zero-order valence-electron chi connectivity index (χ0n) is 6.54. The number of halogens is 3. The summed E-state index contributed by atoms with van der Waals surface area (Å²) in [5.74, 6) is -2.07. The van der Waals surface area contributed by atoms with Crippen LogP contribution in [-0.2, 0) is 0 Å². The average Bonchev–Trinajstić information content (AvgIpc) is 2.08. The van der Waals surface area contributed by atoms with E-state index in [1.165, 1.54) is 0 Å². The molecule has 1 heterocycles. The van der Waals surface area contributed by atoms with Gasteiger partial charge in [-0.1, -0.05) is 0 Å². The van der Waals surface area contributed by atoms with Gasteiger partial charge < -0.3 is 10.2 Å². The summed E-state index contributed by atoms with van der Waals surface area (Å²) in [5, 5.41) is 17.6. The van der Waals surface area contributed by atoms with Crippen molar-refractivity contribution in [2.24, 2.45) is 0 Å². The number of carbonyl (C=O) groups is 1. The lowest BCUT2D eigenvalue weighted by molar-refractivity contribution is 0.0680. The van der Waals surface area contributed by atoms with E-state index in [4.69, 9.17) is 10.2 Å². The Kier molecular flexibility index (Phi) is 3.00. The summed E-state index contributed by atoms with van der Waals surface area (Å²) in [6.45, 7) is 0. The molecular weight excluding hydrogens is 264 g/mol. The van der Waals surface area contributed by atoms with Crippen molar-refractivity contribution in [1.29, 1.82) is 0 Å². The van der Waals surface area contributed by atoms with E-state index in [2.05, 4.69) is 20.9 Å². The third-order valence-electron chi connectivity index (χ3n) is 1.45. The standard InChI is InChI=1S/C7H4BrF2NO3/c8-4-2(12)1-11-5(6(9)10)3(4)7(13)14/h1,6,12H,(H,13,14).